The number of fused-ring (bicyclic) bond motifs is 2. The zero-order valence-corrected chi connectivity index (χ0v) is 18.5. The van der Waals surface area contributed by atoms with Crippen LogP contribution in [0.4, 0.5) is 8.78 Å². The van der Waals surface area contributed by atoms with Crippen LogP contribution < -0.4 is 11.3 Å². The van der Waals surface area contributed by atoms with Crippen molar-refractivity contribution in [1.29, 1.82) is 0 Å². The van der Waals surface area contributed by atoms with Crippen LogP contribution in [-0.2, 0) is 6.54 Å². The quantitative estimate of drug-likeness (QED) is 0.496. The van der Waals surface area contributed by atoms with Crippen LogP contribution in [0.15, 0.2) is 65.6 Å². The fourth-order valence-electron chi connectivity index (χ4n) is 4.52. The van der Waals surface area contributed by atoms with Crippen LogP contribution in [0.25, 0.3) is 32.7 Å². The van der Waals surface area contributed by atoms with E-state index in [0.29, 0.717) is 24.0 Å². The van der Waals surface area contributed by atoms with Gasteiger partial charge in [0.05, 0.1) is 18.1 Å². The lowest BCUT2D eigenvalue weighted by Gasteiger charge is -2.31. The summed E-state index contributed by atoms with van der Waals surface area (Å²) in [5, 5.41) is 7.36. The van der Waals surface area contributed by atoms with Crippen LogP contribution in [0.3, 0.4) is 0 Å². The molecule has 1 fully saturated rings. The lowest BCUT2D eigenvalue weighted by molar-refractivity contribution is -0.0494. The molecule has 0 atom stereocenters. The van der Waals surface area contributed by atoms with Crippen molar-refractivity contribution in [2.45, 2.75) is 25.3 Å². The van der Waals surface area contributed by atoms with Gasteiger partial charge in [0.25, 0.3) is 17.4 Å². The number of carbonyl (C=O) groups excluding carboxylic acids is 1. The van der Waals surface area contributed by atoms with Crippen LogP contribution in [0.5, 0.6) is 0 Å². The zero-order valence-electron chi connectivity index (χ0n) is 18.5. The average molecular weight is 463 g/mol. The molecule has 0 aliphatic carbocycles. The summed E-state index contributed by atoms with van der Waals surface area (Å²) >= 11 is 0. The molecule has 0 unspecified atom stereocenters. The van der Waals surface area contributed by atoms with E-state index < -0.39 is 5.92 Å². The maximum atomic E-state index is 13.5. The summed E-state index contributed by atoms with van der Waals surface area (Å²) in [7, 11) is 0. The van der Waals surface area contributed by atoms with Crippen molar-refractivity contribution in [3.8, 4) is 11.1 Å². The molecular weight excluding hydrogens is 438 g/mol. The molecule has 0 bridgehead atoms. The fraction of sp³-hybridized carbons (Fsp3) is 0.269. The molecule has 1 aromatic heterocycles. The summed E-state index contributed by atoms with van der Waals surface area (Å²) in [5.74, 6) is -2.92. The Bertz CT molecular complexity index is 1450. The third-order valence-electron chi connectivity index (χ3n) is 6.41. The standard InChI is InChI=1S/C26H24F2N4O2/c27-26(28)8-11-31(12-9-26)24(33)19-5-6-22-17(14-19)2-1-3-21(22)18-4-7-23-20(15-18)16-30-32(13-10-29)25(23)34/h1-7,14-16H,8-13,29H2. The van der Waals surface area contributed by atoms with Gasteiger partial charge in [-0.05, 0) is 46.2 Å². The van der Waals surface area contributed by atoms with Crippen molar-refractivity contribution < 1.29 is 13.6 Å². The minimum Gasteiger partial charge on any atom is -0.338 e. The minimum absolute atomic E-state index is 0.0576. The predicted octanol–water partition coefficient (Wildman–Crippen LogP) is 4.05. The summed E-state index contributed by atoms with van der Waals surface area (Å²) in [6.07, 6.45) is 1.06. The summed E-state index contributed by atoms with van der Waals surface area (Å²) in [5.41, 5.74) is 7.75. The number of alkyl halides is 2. The van der Waals surface area contributed by atoms with Crippen molar-refractivity contribution in [2.75, 3.05) is 19.6 Å². The molecule has 0 saturated carbocycles. The van der Waals surface area contributed by atoms with E-state index in [9.17, 15) is 18.4 Å². The highest BCUT2D eigenvalue weighted by Crippen LogP contribution is 2.32. The Morgan fingerprint density at radius 2 is 1.76 bits per heavy atom. The number of amides is 1. The van der Waals surface area contributed by atoms with Gasteiger partial charge in [-0.25, -0.2) is 13.5 Å². The monoisotopic (exact) mass is 462 g/mol. The summed E-state index contributed by atoms with van der Waals surface area (Å²) in [4.78, 5) is 27.0. The topological polar surface area (TPSA) is 81.2 Å². The third-order valence-corrected chi connectivity index (χ3v) is 6.41. The number of carbonyl (C=O) groups is 1. The number of rotatable bonds is 4. The molecule has 5 rings (SSSR count). The minimum atomic E-state index is -2.69. The largest absolute Gasteiger partial charge is 0.338 e. The molecule has 1 aliphatic rings. The number of piperidine rings is 1. The molecule has 34 heavy (non-hydrogen) atoms. The van der Waals surface area contributed by atoms with E-state index in [-0.39, 0.29) is 37.4 Å². The first-order valence-electron chi connectivity index (χ1n) is 11.3. The molecule has 2 N–H and O–H groups in total. The van der Waals surface area contributed by atoms with E-state index in [0.717, 1.165) is 27.3 Å². The van der Waals surface area contributed by atoms with Gasteiger partial charge in [0.2, 0.25) is 0 Å². The molecule has 4 aromatic rings. The molecule has 1 aliphatic heterocycles. The van der Waals surface area contributed by atoms with Gasteiger partial charge in [-0.15, -0.1) is 0 Å². The predicted molar refractivity (Wildman–Crippen MR) is 128 cm³/mol. The summed E-state index contributed by atoms with van der Waals surface area (Å²) in [6, 6.07) is 16.9. The molecule has 8 heteroatoms. The summed E-state index contributed by atoms with van der Waals surface area (Å²) < 4.78 is 28.3. The second kappa shape index (κ2) is 8.61. The SMILES string of the molecule is NCCn1ncc2cc(-c3cccc4cc(C(=O)N5CCC(F)(F)CC5)ccc34)ccc2c1=O. The smallest absolute Gasteiger partial charge is 0.274 e. The molecule has 0 spiro atoms. The van der Waals surface area contributed by atoms with E-state index in [4.69, 9.17) is 5.73 Å². The van der Waals surface area contributed by atoms with Gasteiger partial charge in [-0.2, -0.15) is 5.10 Å². The van der Waals surface area contributed by atoms with Gasteiger partial charge >= 0.3 is 0 Å². The third kappa shape index (κ3) is 4.05. The van der Waals surface area contributed by atoms with Crippen molar-refractivity contribution in [2.24, 2.45) is 5.73 Å². The average Bonchev–Trinajstić information content (AvgIpc) is 2.84. The molecule has 1 amide bonds. The molecule has 174 valence electrons. The van der Waals surface area contributed by atoms with Crippen molar-refractivity contribution in [1.82, 2.24) is 14.7 Å². The summed E-state index contributed by atoms with van der Waals surface area (Å²) in [6.45, 7) is 0.812. The second-order valence-electron chi connectivity index (χ2n) is 8.65. The number of nitrogens with zero attached hydrogens (tertiary/aromatic N) is 3. The van der Waals surface area contributed by atoms with Gasteiger partial charge in [-0.1, -0.05) is 30.3 Å². The molecule has 6 nitrogen and oxygen atoms in total. The Kier molecular flexibility index (Phi) is 5.61. The first-order chi connectivity index (χ1) is 16.4. The van der Waals surface area contributed by atoms with Crippen LogP contribution in [0.2, 0.25) is 0 Å². The van der Waals surface area contributed by atoms with Gasteiger partial charge in [0.15, 0.2) is 0 Å². The van der Waals surface area contributed by atoms with Crippen molar-refractivity contribution in [3.05, 3.63) is 76.7 Å². The van der Waals surface area contributed by atoms with Gasteiger partial charge in [-0.3, -0.25) is 9.59 Å². The second-order valence-corrected chi connectivity index (χ2v) is 8.65. The number of nitrogens with two attached hydrogens (primary N) is 1. The van der Waals surface area contributed by atoms with Crippen LogP contribution >= 0.6 is 0 Å². The van der Waals surface area contributed by atoms with Crippen LogP contribution in [0, 0.1) is 0 Å². The lowest BCUT2D eigenvalue weighted by Crippen LogP contribution is -2.42. The highest BCUT2D eigenvalue weighted by atomic mass is 19.3. The van der Waals surface area contributed by atoms with Gasteiger partial charge < -0.3 is 10.6 Å². The van der Waals surface area contributed by atoms with E-state index in [2.05, 4.69) is 5.10 Å². The number of hydrogen-bond donors (Lipinski definition) is 1. The van der Waals surface area contributed by atoms with Crippen molar-refractivity contribution in [3.63, 3.8) is 0 Å². The van der Waals surface area contributed by atoms with Gasteiger partial charge in [0, 0.05) is 43.4 Å². The first-order valence-corrected chi connectivity index (χ1v) is 11.3. The molecular formula is C26H24F2N4O2. The maximum Gasteiger partial charge on any atom is 0.274 e. The maximum absolute atomic E-state index is 13.5. The molecule has 3 aromatic carbocycles. The van der Waals surface area contributed by atoms with Crippen molar-refractivity contribution >= 4 is 27.5 Å². The van der Waals surface area contributed by atoms with Crippen LogP contribution in [0.1, 0.15) is 23.2 Å². The number of hydrogen-bond acceptors (Lipinski definition) is 4. The molecule has 0 radical (unpaired) electrons. The molecule has 2 heterocycles. The normalized spacial score (nSPS) is 15.7. The number of halogens is 2. The zero-order chi connectivity index (χ0) is 23.9. The Hall–Kier alpha value is -3.65. The van der Waals surface area contributed by atoms with Crippen LogP contribution in [-0.4, -0.2) is 46.1 Å². The Balaban J connectivity index is 1.49. The fourth-order valence-corrected chi connectivity index (χ4v) is 4.52. The van der Waals surface area contributed by atoms with E-state index in [1.807, 2.05) is 42.5 Å². The first kappa shape index (κ1) is 22.2. The van der Waals surface area contributed by atoms with E-state index in [1.165, 1.54) is 9.58 Å². The number of benzene rings is 3. The highest BCUT2D eigenvalue weighted by Gasteiger charge is 2.35. The highest BCUT2D eigenvalue weighted by molar-refractivity contribution is 6.03. The van der Waals surface area contributed by atoms with E-state index >= 15 is 0 Å². The van der Waals surface area contributed by atoms with Gasteiger partial charge in [0.1, 0.15) is 0 Å². The lowest BCUT2D eigenvalue weighted by atomic mass is 9.95. The van der Waals surface area contributed by atoms with E-state index in [1.54, 1.807) is 18.3 Å². The Morgan fingerprint density at radius 1 is 1.00 bits per heavy atom. The number of aromatic nitrogens is 2. The molecule has 1 saturated heterocycles. The Morgan fingerprint density at radius 3 is 2.53 bits per heavy atom. The number of likely N-dealkylation sites (tertiary alicyclic amines) is 1. The Labute approximate surface area is 194 Å².